The fraction of sp³-hybridized carbons (Fsp3) is 0.238. The summed E-state index contributed by atoms with van der Waals surface area (Å²) < 4.78 is 0. The standard InChI is InChI=1S/C21H24/c1-6-17-8-7-9-18(15-17)11-13-19-12-10-16(2)14-20(19)21(3,4)5/h6-15H,1H2,2-5H3/b13-11+. The smallest absolute Gasteiger partial charge is 0.0126 e. The van der Waals surface area contributed by atoms with Crippen molar-refractivity contribution in [1.82, 2.24) is 0 Å². The highest BCUT2D eigenvalue weighted by molar-refractivity contribution is 5.73. The Morgan fingerprint density at radius 3 is 2.29 bits per heavy atom. The van der Waals surface area contributed by atoms with Crippen LogP contribution in [-0.2, 0) is 5.41 Å². The van der Waals surface area contributed by atoms with Crippen LogP contribution in [0.4, 0.5) is 0 Å². The molecule has 0 heteroatoms. The number of hydrogen-bond donors (Lipinski definition) is 0. The zero-order chi connectivity index (χ0) is 15.5. The molecule has 0 aromatic heterocycles. The molecule has 0 atom stereocenters. The Balaban J connectivity index is 2.39. The van der Waals surface area contributed by atoms with Crippen molar-refractivity contribution in [3.63, 3.8) is 0 Å². The molecule has 0 aliphatic heterocycles. The summed E-state index contributed by atoms with van der Waals surface area (Å²) in [6.45, 7) is 12.8. The first-order chi connectivity index (χ1) is 9.90. The molecule has 0 spiro atoms. The van der Waals surface area contributed by atoms with Crippen LogP contribution in [0.2, 0.25) is 0 Å². The Bertz CT molecular complexity index is 667. The fourth-order valence-electron chi connectivity index (χ4n) is 2.44. The quantitative estimate of drug-likeness (QED) is 0.594. The summed E-state index contributed by atoms with van der Waals surface area (Å²) in [6, 6.07) is 15.1. The second kappa shape index (κ2) is 6.13. The third-order valence-corrected chi connectivity index (χ3v) is 3.62. The van der Waals surface area contributed by atoms with Gasteiger partial charge in [-0.05, 0) is 40.7 Å². The predicted octanol–water partition coefficient (Wildman–Crippen LogP) is 6.11. The first-order valence-electron chi connectivity index (χ1n) is 7.42. The molecule has 0 fully saturated rings. The summed E-state index contributed by atoms with van der Waals surface area (Å²) in [5, 5.41) is 0. The van der Waals surface area contributed by atoms with Crippen LogP contribution < -0.4 is 0 Å². The average Bonchev–Trinajstić information content (AvgIpc) is 2.45. The Hall–Kier alpha value is -2.08. The maximum atomic E-state index is 3.82. The van der Waals surface area contributed by atoms with E-state index in [4.69, 9.17) is 0 Å². The van der Waals surface area contributed by atoms with Gasteiger partial charge in [-0.3, -0.25) is 0 Å². The fourth-order valence-corrected chi connectivity index (χ4v) is 2.44. The van der Waals surface area contributed by atoms with E-state index in [1.807, 2.05) is 6.08 Å². The molecule has 0 aliphatic carbocycles. The molecule has 0 aliphatic rings. The van der Waals surface area contributed by atoms with Crippen LogP contribution in [0.15, 0.2) is 49.0 Å². The molecule has 0 bridgehead atoms. The van der Waals surface area contributed by atoms with E-state index in [1.165, 1.54) is 22.3 Å². The molecule has 0 amide bonds. The maximum Gasteiger partial charge on any atom is -0.0126 e. The van der Waals surface area contributed by atoms with E-state index in [2.05, 4.69) is 88.9 Å². The van der Waals surface area contributed by atoms with Gasteiger partial charge in [0.15, 0.2) is 0 Å². The Labute approximate surface area is 128 Å². The normalized spacial score (nSPS) is 11.8. The van der Waals surface area contributed by atoms with Crippen LogP contribution in [-0.4, -0.2) is 0 Å². The Morgan fingerprint density at radius 2 is 1.62 bits per heavy atom. The number of rotatable bonds is 3. The van der Waals surface area contributed by atoms with E-state index in [1.54, 1.807) is 0 Å². The molecule has 0 N–H and O–H groups in total. The molecule has 0 nitrogen and oxygen atoms in total. The first kappa shape index (κ1) is 15.3. The average molecular weight is 276 g/mol. The van der Waals surface area contributed by atoms with Gasteiger partial charge in [0.25, 0.3) is 0 Å². The molecule has 0 radical (unpaired) electrons. The van der Waals surface area contributed by atoms with Gasteiger partial charge in [-0.15, -0.1) is 0 Å². The van der Waals surface area contributed by atoms with Crippen molar-refractivity contribution in [3.8, 4) is 0 Å². The van der Waals surface area contributed by atoms with Crippen LogP contribution in [0, 0.1) is 6.92 Å². The van der Waals surface area contributed by atoms with Crippen LogP contribution in [0.1, 0.15) is 48.6 Å². The zero-order valence-electron chi connectivity index (χ0n) is 13.5. The van der Waals surface area contributed by atoms with E-state index in [9.17, 15) is 0 Å². The van der Waals surface area contributed by atoms with E-state index >= 15 is 0 Å². The third-order valence-electron chi connectivity index (χ3n) is 3.62. The van der Waals surface area contributed by atoms with Crippen molar-refractivity contribution in [1.29, 1.82) is 0 Å². The third kappa shape index (κ3) is 3.95. The summed E-state index contributed by atoms with van der Waals surface area (Å²) in [7, 11) is 0. The van der Waals surface area contributed by atoms with Crippen molar-refractivity contribution in [2.75, 3.05) is 0 Å². The molecular weight excluding hydrogens is 252 g/mol. The van der Waals surface area contributed by atoms with Crippen LogP contribution >= 0.6 is 0 Å². The molecule has 108 valence electrons. The second-order valence-electron chi connectivity index (χ2n) is 6.55. The molecule has 0 saturated carbocycles. The molecule has 2 rings (SSSR count). The van der Waals surface area contributed by atoms with Gasteiger partial charge < -0.3 is 0 Å². The molecule has 0 saturated heterocycles. The zero-order valence-corrected chi connectivity index (χ0v) is 13.5. The van der Waals surface area contributed by atoms with Gasteiger partial charge in [0, 0.05) is 0 Å². The van der Waals surface area contributed by atoms with Crippen molar-refractivity contribution < 1.29 is 0 Å². The highest BCUT2D eigenvalue weighted by atomic mass is 14.2. The molecule has 2 aromatic rings. The molecule has 2 aromatic carbocycles. The minimum absolute atomic E-state index is 0.147. The monoisotopic (exact) mass is 276 g/mol. The van der Waals surface area contributed by atoms with Gasteiger partial charge in [0.1, 0.15) is 0 Å². The second-order valence-corrected chi connectivity index (χ2v) is 6.55. The summed E-state index contributed by atoms with van der Waals surface area (Å²) in [5.41, 5.74) is 6.49. The molecule has 0 unspecified atom stereocenters. The van der Waals surface area contributed by atoms with Crippen LogP contribution in [0.5, 0.6) is 0 Å². The Kier molecular flexibility index (Phi) is 4.47. The van der Waals surface area contributed by atoms with Crippen molar-refractivity contribution in [2.45, 2.75) is 33.1 Å². The maximum absolute atomic E-state index is 3.82. The van der Waals surface area contributed by atoms with E-state index in [0.717, 1.165) is 5.56 Å². The summed E-state index contributed by atoms with van der Waals surface area (Å²) in [5.74, 6) is 0. The predicted molar refractivity (Wildman–Crippen MR) is 95.3 cm³/mol. The van der Waals surface area contributed by atoms with E-state index < -0.39 is 0 Å². The highest BCUT2D eigenvalue weighted by Crippen LogP contribution is 2.28. The van der Waals surface area contributed by atoms with Gasteiger partial charge in [0.05, 0.1) is 0 Å². The lowest BCUT2D eigenvalue weighted by Crippen LogP contribution is -2.13. The lowest BCUT2D eigenvalue weighted by Gasteiger charge is -2.22. The molecule has 0 heterocycles. The van der Waals surface area contributed by atoms with Gasteiger partial charge in [-0.2, -0.15) is 0 Å². The lowest BCUT2D eigenvalue weighted by atomic mass is 9.82. The SMILES string of the molecule is C=Cc1cccc(/C=C/c2ccc(C)cc2C(C)(C)C)c1. The van der Waals surface area contributed by atoms with Crippen LogP contribution in [0.25, 0.3) is 18.2 Å². The molecule has 21 heavy (non-hydrogen) atoms. The van der Waals surface area contributed by atoms with Crippen molar-refractivity contribution in [3.05, 3.63) is 76.9 Å². The minimum Gasteiger partial charge on any atom is -0.0985 e. The summed E-state index contributed by atoms with van der Waals surface area (Å²) in [6.07, 6.45) is 6.26. The summed E-state index contributed by atoms with van der Waals surface area (Å²) in [4.78, 5) is 0. The van der Waals surface area contributed by atoms with Gasteiger partial charge in [0.2, 0.25) is 0 Å². The van der Waals surface area contributed by atoms with Gasteiger partial charge in [-0.25, -0.2) is 0 Å². The Morgan fingerprint density at radius 1 is 0.905 bits per heavy atom. The largest absolute Gasteiger partial charge is 0.0985 e. The summed E-state index contributed by atoms with van der Waals surface area (Å²) >= 11 is 0. The van der Waals surface area contributed by atoms with Crippen molar-refractivity contribution in [2.24, 2.45) is 0 Å². The number of hydrogen-bond acceptors (Lipinski definition) is 0. The van der Waals surface area contributed by atoms with E-state index in [0.29, 0.717) is 0 Å². The molecular formula is C21H24. The first-order valence-corrected chi connectivity index (χ1v) is 7.42. The lowest BCUT2D eigenvalue weighted by molar-refractivity contribution is 0.588. The van der Waals surface area contributed by atoms with Crippen LogP contribution in [0.3, 0.4) is 0 Å². The topological polar surface area (TPSA) is 0 Å². The van der Waals surface area contributed by atoms with Crippen molar-refractivity contribution >= 4 is 18.2 Å². The minimum atomic E-state index is 0.147. The highest BCUT2D eigenvalue weighted by Gasteiger charge is 2.16. The van der Waals surface area contributed by atoms with Gasteiger partial charge >= 0.3 is 0 Å². The van der Waals surface area contributed by atoms with E-state index in [-0.39, 0.29) is 5.41 Å². The number of benzene rings is 2. The number of aryl methyl sites for hydroxylation is 1. The van der Waals surface area contributed by atoms with Gasteiger partial charge in [-0.1, -0.05) is 87.5 Å².